The summed E-state index contributed by atoms with van der Waals surface area (Å²) in [6, 6.07) is 20.8. The maximum atomic E-state index is 10.9. The summed E-state index contributed by atoms with van der Waals surface area (Å²) < 4.78 is 2.27. The van der Waals surface area contributed by atoms with E-state index in [0.717, 1.165) is 38.8 Å². The molecule has 0 spiro atoms. The van der Waals surface area contributed by atoms with Gasteiger partial charge in [0.2, 0.25) is 4.77 Å². The van der Waals surface area contributed by atoms with Crippen molar-refractivity contribution in [2.45, 2.75) is 0 Å². The Kier molecular flexibility index (Phi) is 3.96. The lowest BCUT2D eigenvalue weighted by Crippen LogP contribution is -1.93. The fourth-order valence-corrected chi connectivity index (χ4v) is 3.77. The third kappa shape index (κ3) is 2.88. The molecule has 1 N–H and O–H groups in total. The highest BCUT2D eigenvalue weighted by Crippen LogP contribution is 2.31. The minimum atomic E-state index is -0.411. The fraction of sp³-hybridized carbons (Fsp3) is 0. The number of hydrogen-bond donors (Lipinski definition) is 1. The number of rotatable bonds is 3. The number of nitro benzene ring substituents is 1. The van der Waals surface area contributed by atoms with E-state index in [2.05, 4.69) is 34.2 Å². The van der Waals surface area contributed by atoms with Crippen LogP contribution in [-0.2, 0) is 0 Å². The van der Waals surface area contributed by atoms with Crippen LogP contribution in [0.5, 0.6) is 0 Å². The van der Waals surface area contributed by atoms with Crippen molar-refractivity contribution in [3.63, 3.8) is 0 Å². The minimum absolute atomic E-state index is 0.0495. The van der Waals surface area contributed by atoms with Gasteiger partial charge in [-0.3, -0.25) is 14.5 Å². The molecule has 2 aromatic heterocycles. The topological polar surface area (TPSA) is 76.2 Å². The molecule has 0 aliphatic heterocycles. The zero-order chi connectivity index (χ0) is 20.0. The van der Waals surface area contributed by atoms with Crippen LogP contribution in [0.15, 0.2) is 79.1 Å². The molecule has 0 atom stereocenters. The molecule has 29 heavy (non-hydrogen) atoms. The maximum absolute atomic E-state index is 10.9. The van der Waals surface area contributed by atoms with Crippen molar-refractivity contribution in [2.24, 2.45) is 0 Å². The van der Waals surface area contributed by atoms with Crippen LogP contribution >= 0.6 is 12.2 Å². The van der Waals surface area contributed by atoms with Gasteiger partial charge in [-0.1, -0.05) is 42.5 Å². The first-order chi connectivity index (χ1) is 14.1. The SMILES string of the molecule is O=[N+]([O-])c1ccc(-c2cnc(=S)n3cc(-c4cccc5ccccc45)[nH]c23)cc1. The number of non-ortho nitro benzene ring substituents is 1. The van der Waals surface area contributed by atoms with Crippen molar-refractivity contribution in [2.75, 3.05) is 0 Å². The molecule has 0 amide bonds. The van der Waals surface area contributed by atoms with Gasteiger partial charge in [0.05, 0.1) is 10.6 Å². The van der Waals surface area contributed by atoms with Crippen LogP contribution in [0, 0.1) is 14.9 Å². The zero-order valence-electron chi connectivity index (χ0n) is 15.1. The molecule has 140 valence electrons. The number of aromatic amines is 1. The first kappa shape index (κ1) is 17.3. The molecule has 0 saturated carbocycles. The Labute approximate surface area is 170 Å². The highest BCUT2D eigenvalue weighted by Gasteiger charge is 2.13. The van der Waals surface area contributed by atoms with E-state index in [4.69, 9.17) is 12.2 Å². The number of H-pyrrole nitrogens is 1. The van der Waals surface area contributed by atoms with Gasteiger partial charge < -0.3 is 4.98 Å². The van der Waals surface area contributed by atoms with Crippen molar-refractivity contribution in [1.29, 1.82) is 0 Å². The lowest BCUT2D eigenvalue weighted by atomic mass is 10.0. The van der Waals surface area contributed by atoms with Crippen LogP contribution in [0.25, 0.3) is 38.8 Å². The summed E-state index contributed by atoms with van der Waals surface area (Å²) in [4.78, 5) is 18.3. The van der Waals surface area contributed by atoms with Crippen LogP contribution in [0.1, 0.15) is 0 Å². The summed E-state index contributed by atoms with van der Waals surface area (Å²) in [5, 5.41) is 13.2. The molecule has 0 radical (unpaired) electrons. The van der Waals surface area contributed by atoms with Gasteiger partial charge in [-0.25, -0.2) is 4.98 Å². The molecule has 0 bridgehead atoms. The summed E-state index contributed by atoms with van der Waals surface area (Å²) in [5.74, 6) is 0. The van der Waals surface area contributed by atoms with Crippen LogP contribution in [0.3, 0.4) is 0 Å². The van der Waals surface area contributed by atoms with E-state index in [9.17, 15) is 10.1 Å². The number of nitrogens with one attached hydrogen (secondary N) is 1. The molecule has 2 heterocycles. The van der Waals surface area contributed by atoms with Crippen LogP contribution < -0.4 is 0 Å². The normalized spacial score (nSPS) is 11.2. The van der Waals surface area contributed by atoms with E-state index in [-0.39, 0.29) is 5.69 Å². The highest BCUT2D eigenvalue weighted by atomic mass is 32.1. The standard InChI is InChI=1S/C22H14N4O2S/c27-26(28)16-10-8-15(9-11-16)19-12-23-22(29)25-13-20(24-21(19)25)18-7-3-5-14-4-1-2-6-17(14)18/h1-13,24H. The molecule has 6 nitrogen and oxygen atoms in total. The Hall–Kier alpha value is -3.84. The monoisotopic (exact) mass is 398 g/mol. The number of aromatic nitrogens is 3. The summed E-state index contributed by atoms with van der Waals surface area (Å²) >= 11 is 5.42. The Balaban J connectivity index is 1.73. The van der Waals surface area contributed by atoms with Gasteiger partial charge in [-0.15, -0.1) is 0 Å². The second-order valence-electron chi connectivity index (χ2n) is 6.67. The Morgan fingerprint density at radius 3 is 2.52 bits per heavy atom. The van der Waals surface area contributed by atoms with E-state index in [0.29, 0.717) is 4.77 Å². The number of benzene rings is 3. The lowest BCUT2D eigenvalue weighted by molar-refractivity contribution is -0.384. The molecule has 5 aromatic rings. The Morgan fingerprint density at radius 1 is 0.966 bits per heavy atom. The van der Waals surface area contributed by atoms with E-state index >= 15 is 0 Å². The summed E-state index contributed by atoms with van der Waals surface area (Å²) in [6.07, 6.45) is 3.64. The van der Waals surface area contributed by atoms with E-state index in [1.54, 1.807) is 18.3 Å². The minimum Gasteiger partial charge on any atom is -0.339 e. The number of nitro groups is 1. The molecule has 3 aromatic carbocycles. The smallest absolute Gasteiger partial charge is 0.269 e. The summed E-state index contributed by atoms with van der Waals surface area (Å²) in [7, 11) is 0. The summed E-state index contributed by atoms with van der Waals surface area (Å²) in [5.41, 5.74) is 4.47. The fourth-order valence-electron chi connectivity index (χ4n) is 3.58. The van der Waals surface area contributed by atoms with Crippen LogP contribution in [0.4, 0.5) is 5.69 Å². The molecule has 0 aliphatic rings. The van der Waals surface area contributed by atoms with Crippen molar-refractivity contribution in [3.8, 4) is 22.4 Å². The largest absolute Gasteiger partial charge is 0.339 e. The molecule has 5 rings (SSSR count). The summed E-state index contributed by atoms with van der Waals surface area (Å²) in [6.45, 7) is 0. The number of fused-ring (bicyclic) bond motifs is 2. The molecule has 0 aliphatic carbocycles. The van der Waals surface area contributed by atoms with Gasteiger partial charge in [0.15, 0.2) is 0 Å². The molecular formula is C22H14N4O2S. The van der Waals surface area contributed by atoms with Crippen LogP contribution in [-0.4, -0.2) is 19.3 Å². The number of imidazole rings is 1. The second-order valence-corrected chi connectivity index (χ2v) is 7.04. The third-order valence-electron chi connectivity index (χ3n) is 4.99. The maximum Gasteiger partial charge on any atom is 0.269 e. The van der Waals surface area contributed by atoms with E-state index in [1.807, 2.05) is 28.8 Å². The van der Waals surface area contributed by atoms with Gasteiger partial charge in [0, 0.05) is 35.7 Å². The highest BCUT2D eigenvalue weighted by molar-refractivity contribution is 7.71. The van der Waals surface area contributed by atoms with Crippen molar-refractivity contribution in [3.05, 3.63) is 94.0 Å². The Morgan fingerprint density at radius 2 is 1.72 bits per heavy atom. The first-order valence-electron chi connectivity index (χ1n) is 8.95. The molecule has 7 heteroatoms. The van der Waals surface area contributed by atoms with Crippen molar-refractivity contribution < 1.29 is 4.92 Å². The van der Waals surface area contributed by atoms with Gasteiger partial charge in [-0.2, -0.15) is 0 Å². The first-order valence-corrected chi connectivity index (χ1v) is 9.36. The van der Waals surface area contributed by atoms with Crippen LogP contribution in [0.2, 0.25) is 0 Å². The average Bonchev–Trinajstić information content (AvgIpc) is 3.20. The molecule has 0 fully saturated rings. The van der Waals surface area contributed by atoms with Gasteiger partial charge >= 0.3 is 0 Å². The predicted octanol–water partition coefficient (Wildman–Crippen LogP) is 5.79. The van der Waals surface area contributed by atoms with Gasteiger partial charge in [0.25, 0.3) is 5.69 Å². The zero-order valence-corrected chi connectivity index (χ0v) is 15.9. The van der Waals surface area contributed by atoms with Crippen molar-refractivity contribution in [1.82, 2.24) is 14.4 Å². The average molecular weight is 398 g/mol. The molecular weight excluding hydrogens is 384 g/mol. The van der Waals surface area contributed by atoms with Gasteiger partial charge in [-0.05, 0) is 40.7 Å². The number of hydrogen-bond acceptors (Lipinski definition) is 4. The van der Waals surface area contributed by atoms with E-state index in [1.165, 1.54) is 12.1 Å². The predicted molar refractivity (Wildman–Crippen MR) is 115 cm³/mol. The number of nitrogens with zero attached hydrogens (tertiary/aromatic N) is 3. The molecule has 0 saturated heterocycles. The Bertz CT molecular complexity index is 1450. The third-order valence-corrected chi connectivity index (χ3v) is 5.29. The second kappa shape index (κ2) is 6.65. The molecule has 0 unspecified atom stereocenters. The quantitative estimate of drug-likeness (QED) is 0.237. The van der Waals surface area contributed by atoms with E-state index < -0.39 is 4.92 Å². The van der Waals surface area contributed by atoms with Crippen molar-refractivity contribution >= 4 is 34.3 Å². The van der Waals surface area contributed by atoms with Gasteiger partial charge in [0.1, 0.15) is 5.65 Å². The lowest BCUT2D eigenvalue weighted by Gasteiger charge is -2.04.